The second-order valence-corrected chi connectivity index (χ2v) is 4.54. The molecule has 0 bridgehead atoms. The van der Waals surface area contributed by atoms with Crippen LogP contribution in [-0.2, 0) is 6.61 Å². The molecule has 106 valence electrons. The number of halogens is 3. The molecule has 0 aliphatic rings. The lowest BCUT2D eigenvalue weighted by Crippen LogP contribution is -2.06. The molecule has 0 aromatic heterocycles. The van der Waals surface area contributed by atoms with Crippen LogP contribution in [0.2, 0.25) is 0 Å². The van der Waals surface area contributed by atoms with Crippen molar-refractivity contribution < 1.29 is 17.9 Å². The number of nitrogens with two attached hydrogens (primary N) is 1. The fraction of sp³-hybridized carbons (Fsp3) is 0.200. The summed E-state index contributed by atoms with van der Waals surface area (Å²) in [6.45, 7) is 1.62. The highest BCUT2D eigenvalue weighted by molar-refractivity contribution is 5.31. The van der Waals surface area contributed by atoms with Crippen molar-refractivity contribution in [3.63, 3.8) is 0 Å². The van der Waals surface area contributed by atoms with Crippen LogP contribution in [0.25, 0.3) is 0 Å². The number of hydrogen-bond donors (Lipinski definition) is 1. The lowest BCUT2D eigenvalue weighted by atomic mass is 10.1. The highest BCUT2D eigenvalue weighted by Crippen LogP contribution is 2.22. The van der Waals surface area contributed by atoms with Crippen LogP contribution in [0.5, 0.6) is 5.75 Å². The Morgan fingerprint density at radius 2 is 1.70 bits per heavy atom. The smallest absolute Gasteiger partial charge is 0.165 e. The van der Waals surface area contributed by atoms with Gasteiger partial charge in [0.05, 0.1) is 0 Å². The lowest BCUT2D eigenvalue weighted by Gasteiger charge is -2.10. The highest BCUT2D eigenvalue weighted by atomic mass is 19.1. The Kier molecular flexibility index (Phi) is 4.29. The first-order chi connectivity index (χ1) is 9.45. The van der Waals surface area contributed by atoms with E-state index in [0.29, 0.717) is 5.56 Å². The number of hydrogen-bond acceptors (Lipinski definition) is 2. The molecule has 0 aliphatic heterocycles. The third-order valence-corrected chi connectivity index (χ3v) is 2.80. The van der Waals surface area contributed by atoms with Gasteiger partial charge in [-0.2, -0.15) is 0 Å². The maximum atomic E-state index is 13.7. The topological polar surface area (TPSA) is 35.2 Å². The minimum atomic E-state index is -0.698. The fourth-order valence-electron chi connectivity index (χ4n) is 1.77. The number of ether oxygens (including phenoxy) is 1. The maximum absolute atomic E-state index is 13.7. The molecule has 0 amide bonds. The van der Waals surface area contributed by atoms with Gasteiger partial charge in [0.1, 0.15) is 18.2 Å². The molecule has 0 saturated carbocycles. The predicted octanol–water partition coefficient (Wildman–Crippen LogP) is 3.70. The SMILES string of the molecule is C[C@@H](N)c1ccc(OCc2cc(F)cc(F)c2)c(F)c1. The van der Waals surface area contributed by atoms with E-state index in [9.17, 15) is 13.2 Å². The van der Waals surface area contributed by atoms with Gasteiger partial charge in [0.15, 0.2) is 11.6 Å². The molecule has 0 heterocycles. The predicted molar refractivity (Wildman–Crippen MR) is 69.7 cm³/mol. The van der Waals surface area contributed by atoms with Crippen molar-refractivity contribution in [3.8, 4) is 5.75 Å². The summed E-state index contributed by atoms with van der Waals surface area (Å²) in [6.07, 6.45) is 0. The molecule has 2 aromatic rings. The summed E-state index contributed by atoms with van der Waals surface area (Å²) in [5.74, 6) is -1.94. The van der Waals surface area contributed by atoms with Gasteiger partial charge in [-0.15, -0.1) is 0 Å². The molecule has 20 heavy (non-hydrogen) atoms. The summed E-state index contributed by atoms with van der Waals surface area (Å²) < 4.78 is 44.9. The van der Waals surface area contributed by atoms with Crippen molar-refractivity contribution in [2.75, 3.05) is 0 Å². The summed E-state index contributed by atoms with van der Waals surface area (Å²) in [5, 5.41) is 0. The van der Waals surface area contributed by atoms with Crippen LogP contribution in [0.1, 0.15) is 24.1 Å². The van der Waals surface area contributed by atoms with E-state index in [0.717, 1.165) is 18.2 Å². The van der Waals surface area contributed by atoms with Gasteiger partial charge in [0.25, 0.3) is 0 Å². The zero-order valence-electron chi connectivity index (χ0n) is 10.9. The first kappa shape index (κ1) is 14.4. The molecule has 2 rings (SSSR count). The van der Waals surface area contributed by atoms with Gasteiger partial charge in [-0.25, -0.2) is 13.2 Å². The van der Waals surface area contributed by atoms with Crippen LogP contribution < -0.4 is 10.5 Å². The Morgan fingerprint density at radius 1 is 1.05 bits per heavy atom. The third kappa shape index (κ3) is 3.51. The number of rotatable bonds is 4. The number of benzene rings is 2. The average Bonchev–Trinajstić information content (AvgIpc) is 2.36. The summed E-state index contributed by atoms with van der Waals surface area (Å²) in [6, 6.07) is 7.14. The first-order valence-electron chi connectivity index (χ1n) is 6.08. The zero-order valence-corrected chi connectivity index (χ0v) is 10.9. The molecule has 2 nitrogen and oxygen atoms in total. The van der Waals surface area contributed by atoms with Gasteiger partial charge >= 0.3 is 0 Å². The average molecular weight is 281 g/mol. The Hall–Kier alpha value is -2.01. The van der Waals surface area contributed by atoms with E-state index in [1.807, 2.05) is 0 Å². The largest absolute Gasteiger partial charge is 0.486 e. The Morgan fingerprint density at radius 3 is 2.25 bits per heavy atom. The van der Waals surface area contributed by atoms with Gasteiger partial charge in [-0.1, -0.05) is 6.07 Å². The summed E-state index contributed by atoms with van der Waals surface area (Å²) in [7, 11) is 0. The van der Waals surface area contributed by atoms with E-state index in [1.54, 1.807) is 13.0 Å². The molecule has 0 fully saturated rings. The molecule has 0 unspecified atom stereocenters. The van der Waals surface area contributed by atoms with Crippen molar-refractivity contribution >= 4 is 0 Å². The molecular formula is C15H14F3NO. The van der Waals surface area contributed by atoms with Crippen molar-refractivity contribution in [2.45, 2.75) is 19.6 Å². The summed E-state index contributed by atoms with van der Waals surface area (Å²) in [5.41, 5.74) is 6.58. The lowest BCUT2D eigenvalue weighted by molar-refractivity contribution is 0.289. The van der Waals surface area contributed by atoms with Crippen molar-refractivity contribution in [1.29, 1.82) is 0 Å². The Bertz CT molecular complexity index is 594. The van der Waals surface area contributed by atoms with E-state index in [-0.39, 0.29) is 24.0 Å². The van der Waals surface area contributed by atoms with Gasteiger partial charge < -0.3 is 10.5 Å². The molecule has 2 N–H and O–H groups in total. The normalized spacial score (nSPS) is 12.2. The zero-order chi connectivity index (χ0) is 14.7. The van der Waals surface area contributed by atoms with E-state index >= 15 is 0 Å². The van der Waals surface area contributed by atoms with Crippen molar-refractivity contribution in [3.05, 3.63) is 65.0 Å². The van der Waals surface area contributed by atoms with Gasteiger partial charge in [-0.05, 0) is 42.3 Å². The van der Waals surface area contributed by atoms with Crippen molar-refractivity contribution in [1.82, 2.24) is 0 Å². The Balaban J connectivity index is 2.11. The fourth-order valence-corrected chi connectivity index (χ4v) is 1.77. The minimum Gasteiger partial charge on any atom is -0.486 e. The standard InChI is InChI=1S/C15H14F3NO/c1-9(19)11-2-3-15(14(18)6-11)20-8-10-4-12(16)7-13(17)5-10/h2-7,9H,8,19H2,1H3/t9-/m1/s1. The molecule has 0 aliphatic carbocycles. The second kappa shape index (κ2) is 5.96. The van der Waals surface area contributed by atoms with Crippen LogP contribution >= 0.6 is 0 Å². The molecule has 5 heteroatoms. The van der Waals surface area contributed by atoms with Crippen LogP contribution in [-0.4, -0.2) is 0 Å². The van der Waals surface area contributed by atoms with Crippen molar-refractivity contribution in [2.24, 2.45) is 5.73 Å². The molecule has 0 radical (unpaired) electrons. The van der Waals surface area contributed by atoms with Gasteiger partial charge in [-0.3, -0.25) is 0 Å². The first-order valence-corrected chi connectivity index (χ1v) is 6.08. The third-order valence-electron chi connectivity index (χ3n) is 2.80. The molecule has 0 saturated heterocycles. The van der Waals surface area contributed by atoms with Crippen LogP contribution in [0.15, 0.2) is 36.4 Å². The highest BCUT2D eigenvalue weighted by Gasteiger charge is 2.08. The van der Waals surface area contributed by atoms with E-state index in [1.165, 1.54) is 12.1 Å². The molecular weight excluding hydrogens is 267 g/mol. The van der Waals surface area contributed by atoms with Gasteiger partial charge in [0.2, 0.25) is 0 Å². The van der Waals surface area contributed by atoms with E-state index in [2.05, 4.69) is 0 Å². The Labute approximate surface area is 115 Å². The monoisotopic (exact) mass is 281 g/mol. The quantitative estimate of drug-likeness (QED) is 0.927. The maximum Gasteiger partial charge on any atom is 0.165 e. The minimum absolute atomic E-state index is 0.0130. The molecule has 1 atom stereocenters. The van der Waals surface area contributed by atoms with E-state index < -0.39 is 17.5 Å². The molecule has 0 spiro atoms. The van der Waals surface area contributed by atoms with Crippen LogP contribution in [0, 0.1) is 17.5 Å². The summed E-state index contributed by atoms with van der Waals surface area (Å²) in [4.78, 5) is 0. The van der Waals surface area contributed by atoms with Gasteiger partial charge in [0, 0.05) is 12.1 Å². The second-order valence-electron chi connectivity index (χ2n) is 4.54. The summed E-state index contributed by atoms with van der Waals surface area (Å²) >= 11 is 0. The van der Waals surface area contributed by atoms with Crippen LogP contribution in [0.3, 0.4) is 0 Å². The molecule has 2 aromatic carbocycles. The van der Waals surface area contributed by atoms with Crippen LogP contribution in [0.4, 0.5) is 13.2 Å². The van der Waals surface area contributed by atoms with E-state index in [4.69, 9.17) is 10.5 Å².